The van der Waals surface area contributed by atoms with Crippen LogP contribution in [0.5, 0.6) is 0 Å². The van der Waals surface area contributed by atoms with E-state index in [0.29, 0.717) is 17.7 Å². The smallest absolute Gasteiger partial charge is 0.357 e. The topological polar surface area (TPSA) is 42.4 Å². The summed E-state index contributed by atoms with van der Waals surface area (Å²) in [6.45, 7) is 4.38. The second-order valence-electron chi connectivity index (χ2n) is 6.28. The molecular formula is C16H24N2O2S. The lowest BCUT2D eigenvalue weighted by atomic mass is 9.68. The van der Waals surface area contributed by atoms with Crippen LogP contribution in [0.3, 0.4) is 0 Å². The highest BCUT2D eigenvalue weighted by Crippen LogP contribution is 2.45. The molecule has 3 rings (SSSR count). The Kier molecular flexibility index (Phi) is 4.48. The van der Waals surface area contributed by atoms with Gasteiger partial charge in [-0.3, -0.25) is 0 Å². The summed E-state index contributed by atoms with van der Waals surface area (Å²) < 4.78 is 5.01. The molecule has 2 aliphatic rings. The second kappa shape index (κ2) is 6.34. The predicted octanol–water partition coefficient (Wildman–Crippen LogP) is 3.87. The highest BCUT2D eigenvalue weighted by molar-refractivity contribution is 7.13. The number of esters is 1. The van der Waals surface area contributed by atoms with E-state index in [1.165, 1.54) is 44.9 Å². The standard InChI is InChI=1S/C16H24N2O2S/c1-2-20-14(19)13-12-21-15(17-13)18-10-8-16(9-11-18)6-4-3-5-7-16/h12H,2-11H2,1H3. The molecular weight excluding hydrogens is 284 g/mol. The lowest BCUT2D eigenvalue weighted by Gasteiger charge is -2.44. The maximum Gasteiger partial charge on any atom is 0.357 e. The molecule has 1 saturated heterocycles. The number of aromatic nitrogens is 1. The Bertz CT molecular complexity index is 484. The summed E-state index contributed by atoms with van der Waals surface area (Å²) in [6, 6.07) is 0. The molecule has 0 unspecified atom stereocenters. The van der Waals surface area contributed by atoms with Crippen LogP contribution >= 0.6 is 11.3 Å². The number of carbonyl (C=O) groups is 1. The Hall–Kier alpha value is -1.10. The molecule has 116 valence electrons. The summed E-state index contributed by atoms with van der Waals surface area (Å²) in [7, 11) is 0. The SMILES string of the molecule is CCOC(=O)c1csc(N2CCC3(CCCCC3)CC2)n1. The largest absolute Gasteiger partial charge is 0.461 e. The van der Waals surface area contributed by atoms with Crippen LogP contribution in [0.2, 0.25) is 0 Å². The zero-order chi connectivity index (χ0) is 14.7. The Morgan fingerprint density at radius 2 is 2.00 bits per heavy atom. The number of ether oxygens (including phenoxy) is 1. The minimum Gasteiger partial charge on any atom is -0.461 e. The third kappa shape index (κ3) is 3.23. The number of nitrogens with zero attached hydrogens (tertiary/aromatic N) is 2. The average molecular weight is 308 g/mol. The molecule has 2 fully saturated rings. The van der Waals surface area contributed by atoms with Crippen molar-refractivity contribution < 1.29 is 9.53 Å². The third-order valence-corrected chi connectivity index (χ3v) is 5.89. The maximum atomic E-state index is 11.7. The van der Waals surface area contributed by atoms with Gasteiger partial charge in [0.05, 0.1) is 6.61 Å². The molecule has 1 aliphatic heterocycles. The summed E-state index contributed by atoms with van der Waals surface area (Å²) in [5.41, 5.74) is 1.06. The van der Waals surface area contributed by atoms with Gasteiger partial charge in [0.15, 0.2) is 10.8 Å². The van der Waals surface area contributed by atoms with Crippen molar-refractivity contribution in [2.45, 2.75) is 51.9 Å². The lowest BCUT2D eigenvalue weighted by Crippen LogP contribution is -2.41. The number of thiazole rings is 1. The summed E-state index contributed by atoms with van der Waals surface area (Å²) in [6.07, 6.45) is 9.61. The van der Waals surface area contributed by atoms with E-state index in [4.69, 9.17) is 4.74 Å². The number of anilines is 1. The molecule has 5 heteroatoms. The van der Waals surface area contributed by atoms with Crippen LogP contribution in [-0.2, 0) is 4.74 Å². The number of rotatable bonds is 3. The summed E-state index contributed by atoms with van der Waals surface area (Å²) >= 11 is 1.56. The molecule has 4 nitrogen and oxygen atoms in total. The molecule has 0 atom stereocenters. The van der Waals surface area contributed by atoms with Crippen molar-refractivity contribution >= 4 is 22.4 Å². The molecule has 21 heavy (non-hydrogen) atoms. The van der Waals surface area contributed by atoms with E-state index in [1.54, 1.807) is 11.3 Å². The fraction of sp³-hybridized carbons (Fsp3) is 0.750. The monoisotopic (exact) mass is 308 g/mol. The van der Waals surface area contributed by atoms with Crippen LogP contribution in [-0.4, -0.2) is 30.6 Å². The fourth-order valence-electron chi connectivity index (χ4n) is 3.68. The summed E-state index contributed by atoms with van der Waals surface area (Å²) in [5.74, 6) is -0.305. The van der Waals surface area contributed by atoms with Gasteiger partial charge in [-0.05, 0) is 38.0 Å². The van der Waals surface area contributed by atoms with Crippen molar-refractivity contribution in [1.29, 1.82) is 0 Å². The van der Waals surface area contributed by atoms with Gasteiger partial charge in [0.25, 0.3) is 0 Å². The number of piperidine rings is 1. The molecule has 1 spiro atoms. The average Bonchev–Trinajstić information content (AvgIpc) is 2.99. The van der Waals surface area contributed by atoms with Gasteiger partial charge < -0.3 is 9.64 Å². The van der Waals surface area contributed by atoms with Gasteiger partial charge in [-0.25, -0.2) is 9.78 Å². The van der Waals surface area contributed by atoms with Crippen LogP contribution in [0.1, 0.15) is 62.4 Å². The van der Waals surface area contributed by atoms with Crippen LogP contribution in [0.4, 0.5) is 5.13 Å². The zero-order valence-corrected chi connectivity index (χ0v) is 13.6. The van der Waals surface area contributed by atoms with E-state index < -0.39 is 0 Å². The Morgan fingerprint density at radius 1 is 1.29 bits per heavy atom. The summed E-state index contributed by atoms with van der Waals surface area (Å²) in [5, 5.41) is 2.79. The molecule has 0 aromatic carbocycles. The molecule has 1 aromatic rings. The molecule has 1 aromatic heterocycles. The van der Waals surface area contributed by atoms with Crippen molar-refractivity contribution in [2.24, 2.45) is 5.41 Å². The first-order valence-corrected chi connectivity index (χ1v) is 8.98. The molecule has 0 amide bonds. The van der Waals surface area contributed by atoms with Gasteiger partial charge in [0.1, 0.15) is 0 Å². The second-order valence-corrected chi connectivity index (χ2v) is 7.12. The van der Waals surface area contributed by atoms with Gasteiger partial charge in [0, 0.05) is 18.5 Å². The number of hydrogen-bond donors (Lipinski definition) is 0. The number of carbonyl (C=O) groups excluding carboxylic acids is 1. The van der Waals surface area contributed by atoms with E-state index in [-0.39, 0.29) is 5.97 Å². The third-order valence-electron chi connectivity index (χ3n) is 4.99. The van der Waals surface area contributed by atoms with Crippen molar-refractivity contribution in [2.75, 3.05) is 24.6 Å². The van der Waals surface area contributed by atoms with Crippen molar-refractivity contribution in [3.63, 3.8) is 0 Å². The van der Waals surface area contributed by atoms with E-state index in [0.717, 1.165) is 18.2 Å². The van der Waals surface area contributed by atoms with Crippen molar-refractivity contribution in [1.82, 2.24) is 4.98 Å². The van der Waals surface area contributed by atoms with Crippen LogP contribution in [0.15, 0.2) is 5.38 Å². The van der Waals surface area contributed by atoms with E-state index in [1.807, 2.05) is 12.3 Å². The maximum absolute atomic E-state index is 11.7. The molecule has 0 N–H and O–H groups in total. The lowest BCUT2D eigenvalue weighted by molar-refractivity contribution is 0.0520. The Labute approximate surface area is 130 Å². The first kappa shape index (κ1) is 14.8. The number of hydrogen-bond acceptors (Lipinski definition) is 5. The highest BCUT2D eigenvalue weighted by Gasteiger charge is 2.36. The quantitative estimate of drug-likeness (QED) is 0.795. The van der Waals surface area contributed by atoms with E-state index >= 15 is 0 Å². The normalized spacial score (nSPS) is 21.5. The van der Waals surface area contributed by atoms with E-state index in [9.17, 15) is 4.79 Å². The van der Waals surface area contributed by atoms with Crippen LogP contribution < -0.4 is 4.90 Å². The van der Waals surface area contributed by atoms with Gasteiger partial charge in [-0.15, -0.1) is 11.3 Å². The molecule has 1 saturated carbocycles. The Morgan fingerprint density at radius 3 is 2.67 bits per heavy atom. The Balaban J connectivity index is 1.60. The van der Waals surface area contributed by atoms with Crippen molar-refractivity contribution in [3.05, 3.63) is 11.1 Å². The molecule has 1 aliphatic carbocycles. The van der Waals surface area contributed by atoms with Crippen LogP contribution in [0.25, 0.3) is 0 Å². The van der Waals surface area contributed by atoms with Gasteiger partial charge in [-0.1, -0.05) is 19.3 Å². The highest BCUT2D eigenvalue weighted by atomic mass is 32.1. The zero-order valence-electron chi connectivity index (χ0n) is 12.8. The first-order chi connectivity index (χ1) is 10.2. The minimum absolute atomic E-state index is 0.305. The predicted molar refractivity (Wildman–Crippen MR) is 85.0 cm³/mol. The first-order valence-electron chi connectivity index (χ1n) is 8.10. The van der Waals surface area contributed by atoms with Gasteiger partial charge in [0.2, 0.25) is 0 Å². The van der Waals surface area contributed by atoms with Crippen molar-refractivity contribution in [3.8, 4) is 0 Å². The van der Waals surface area contributed by atoms with Gasteiger partial charge >= 0.3 is 5.97 Å². The molecule has 0 bridgehead atoms. The van der Waals surface area contributed by atoms with Crippen LogP contribution in [0, 0.1) is 5.41 Å². The molecule has 2 heterocycles. The summed E-state index contributed by atoms with van der Waals surface area (Å²) in [4.78, 5) is 18.5. The van der Waals surface area contributed by atoms with Gasteiger partial charge in [-0.2, -0.15) is 0 Å². The fourth-order valence-corrected chi connectivity index (χ4v) is 4.53. The minimum atomic E-state index is -0.305. The molecule has 0 radical (unpaired) electrons. The van der Waals surface area contributed by atoms with E-state index in [2.05, 4.69) is 9.88 Å².